The highest BCUT2D eigenvalue weighted by Crippen LogP contribution is 2.43. The van der Waals surface area contributed by atoms with Crippen molar-refractivity contribution >= 4 is 17.7 Å². The average molecular weight is 557 g/mol. The highest BCUT2D eigenvalue weighted by molar-refractivity contribution is 7.99. The van der Waals surface area contributed by atoms with E-state index in [1.807, 2.05) is 48.5 Å². The molecule has 40 heavy (non-hydrogen) atoms. The topological polar surface area (TPSA) is 115 Å². The van der Waals surface area contributed by atoms with Crippen LogP contribution in [0.15, 0.2) is 96.2 Å². The van der Waals surface area contributed by atoms with Crippen molar-refractivity contribution in [2.45, 2.75) is 43.6 Å². The molecule has 7 nitrogen and oxygen atoms in total. The van der Waals surface area contributed by atoms with Gasteiger partial charge in [0, 0.05) is 30.0 Å². The van der Waals surface area contributed by atoms with Crippen LogP contribution in [0.3, 0.4) is 0 Å². The lowest BCUT2D eigenvalue weighted by molar-refractivity contribution is -0.268. The van der Waals surface area contributed by atoms with Crippen molar-refractivity contribution in [1.82, 2.24) is 4.98 Å². The number of aromatic nitrogens is 1. The van der Waals surface area contributed by atoms with Crippen LogP contribution in [0, 0.1) is 5.92 Å². The number of hydrogen-bond acceptors (Lipinski definition) is 7. The van der Waals surface area contributed by atoms with Gasteiger partial charge in [-0.3, -0.25) is 0 Å². The predicted octanol–water partition coefficient (Wildman–Crippen LogP) is 5.98. The van der Waals surface area contributed by atoms with E-state index >= 15 is 0 Å². The lowest BCUT2D eigenvalue weighted by Crippen LogP contribution is -2.38. The summed E-state index contributed by atoms with van der Waals surface area (Å²) in [6, 6.07) is 27.2. The molecule has 0 saturated carbocycles. The van der Waals surface area contributed by atoms with Crippen LogP contribution in [0.2, 0.25) is 0 Å². The number of hydrogen-bond donors (Lipinski definition) is 3. The Morgan fingerprint density at radius 2 is 1.68 bits per heavy atom. The van der Waals surface area contributed by atoms with Gasteiger partial charge in [0.25, 0.3) is 0 Å². The van der Waals surface area contributed by atoms with Crippen molar-refractivity contribution in [1.29, 1.82) is 0 Å². The van der Waals surface area contributed by atoms with Gasteiger partial charge in [-0.1, -0.05) is 67.6 Å². The molecule has 3 aromatic carbocycles. The fourth-order valence-electron chi connectivity index (χ4n) is 4.88. The number of aliphatic hydroxyl groups is 1. The van der Waals surface area contributed by atoms with Gasteiger partial charge >= 0.3 is 5.97 Å². The third-order valence-corrected chi connectivity index (χ3v) is 8.26. The smallest absolute Gasteiger partial charge is 0.338 e. The van der Waals surface area contributed by atoms with Crippen molar-refractivity contribution in [3.63, 3.8) is 0 Å². The Labute approximate surface area is 238 Å². The van der Waals surface area contributed by atoms with Crippen LogP contribution in [-0.4, -0.2) is 33.0 Å². The zero-order valence-corrected chi connectivity index (χ0v) is 23.0. The van der Waals surface area contributed by atoms with Gasteiger partial charge in [0.1, 0.15) is 5.03 Å². The molecule has 1 aliphatic heterocycles. The fourth-order valence-corrected chi connectivity index (χ4v) is 6.03. The summed E-state index contributed by atoms with van der Waals surface area (Å²) in [5.74, 6) is -0.543. The molecule has 2 heterocycles. The van der Waals surface area contributed by atoms with Crippen LogP contribution in [0.1, 0.15) is 51.9 Å². The summed E-state index contributed by atoms with van der Waals surface area (Å²) in [6.45, 7) is 2.52. The van der Waals surface area contributed by atoms with Crippen LogP contribution >= 0.6 is 11.8 Å². The zero-order chi connectivity index (χ0) is 28.1. The molecule has 0 aliphatic carbocycles. The largest absolute Gasteiger partial charge is 0.478 e. The molecule has 5 rings (SSSR count). The van der Waals surface area contributed by atoms with Gasteiger partial charge < -0.3 is 25.4 Å². The van der Waals surface area contributed by atoms with Crippen molar-refractivity contribution < 1.29 is 24.5 Å². The molecule has 0 amide bonds. The molecule has 4 atom stereocenters. The number of carboxylic acids is 1. The van der Waals surface area contributed by atoms with Gasteiger partial charge in [0.15, 0.2) is 6.29 Å². The van der Waals surface area contributed by atoms with E-state index in [0.29, 0.717) is 17.3 Å². The maximum atomic E-state index is 11.7. The Balaban J connectivity index is 1.45. The Morgan fingerprint density at radius 3 is 2.40 bits per heavy atom. The number of nitrogens with zero attached hydrogens (tertiary/aromatic N) is 1. The molecule has 0 spiro atoms. The van der Waals surface area contributed by atoms with E-state index in [9.17, 15) is 15.0 Å². The molecule has 1 aliphatic rings. The Bertz CT molecular complexity index is 1460. The number of rotatable bonds is 9. The van der Waals surface area contributed by atoms with Gasteiger partial charge in [0.2, 0.25) is 0 Å². The first kappa shape index (κ1) is 28.0. The van der Waals surface area contributed by atoms with E-state index in [0.717, 1.165) is 33.4 Å². The summed E-state index contributed by atoms with van der Waals surface area (Å²) in [6.07, 6.45) is 0.440. The van der Waals surface area contributed by atoms with Crippen LogP contribution in [0.4, 0.5) is 0 Å². The van der Waals surface area contributed by atoms with Gasteiger partial charge in [0.05, 0.1) is 24.4 Å². The van der Waals surface area contributed by atoms with E-state index in [4.69, 9.17) is 15.2 Å². The summed E-state index contributed by atoms with van der Waals surface area (Å²) in [7, 11) is 0. The summed E-state index contributed by atoms with van der Waals surface area (Å²) in [5.41, 5.74) is 11.9. The van der Waals surface area contributed by atoms with Crippen LogP contribution < -0.4 is 5.73 Å². The molecule has 0 unspecified atom stereocenters. The molecule has 8 heteroatoms. The summed E-state index contributed by atoms with van der Waals surface area (Å²) >= 11 is 1.37. The molecule has 0 bridgehead atoms. The molecule has 4 N–H and O–H groups in total. The van der Waals surface area contributed by atoms with E-state index in [1.54, 1.807) is 18.3 Å². The van der Waals surface area contributed by atoms with Crippen molar-refractivity contribution in [2.24, 2.45) is 11.7 Å². The number of carbonyl (C=O) groups is 1. The number of thioether (sulfide) groups is 1. The zero-order valence-electron chi connectivity index (χ0n) is 22.1. The average Bonchev–Trinajstić information content (AvgIpc) is 3.00. The van der Waals surface area contributed by atoms with E-state index in [2.05, 4.69) is 36.2 Å². The fraction of sp³-hybridized carbons (Fsp3) is 0.250. The Hall–Kier alpha value is -3.53. The number of ether oxygens (including phenoxy) is 2. The minimum Gasteiger partial charge on any atom is -0.478 e. The second-order valence-corrected chi connectivity index (χ2v) is 10.8. The SMILES string of the molecule is C[C@H]1[C@@H](CSc2ncccc2C(=O)O)O[C@@H](c2cccc(-c3cccc(CN)c3)c2)O[C@H]1c1ccc(CO)cc1. The summed E-state index contributed by atoms with van der Waals surface area (Å²) < 4.78 is 13.2. The van der Waals surface area contributed by atoms with Crippen LogP contribution in [0.25, 0.3) is 11.1 Å². The van der Waals surface area contributed by atoms with E-state index in [-0.39, 0.29) is 30.3 Å². The molecule has 4 aromatic rings. The minimum atomic E-state index is -1.01. The quantitative estimate of drug-likeness (QED) is 0.216. The highest BCUT2D eigenvalue weighted by Gasteiger charge is 2.38. The second-order valence-electron chi connectivity index (χ2n) is 9.82. The lowest BCUT2D eigenvalue weighted by atomic mass is 9.91. The molecular formula is C32H32N2O5S. The van der Waals surface area contributed by atoms with Crippen LogP contribution in [0.5, 0.6) is 0 Å². The molecule has 1 aromatic heterocycles. The highest BCUT2D eigenvalue weighted by atomic mass is 32.2. The standard InChI is InChI=1S/C32H32N2O5S/c1-20-28(19-40-30-27(31(36)37)9-4-14-34-30)38-32(39-29(20)23-12-10-21(18-35)11-13-23)26-8-3-7-25(16-26)24-6-2-5-22(15-24)17-33/h2-16,20,28-29,32,35H,17-19,33H2,1H3,(H,36,37)/t20-,28+,29+,32+/m0/s1. The van der Waals surface area contributed by atoms with Gasteiger partial charge in [-0.25, -0.2) is 9.78 Å². The van der Waals surface area contributed by atoms with E-state index in [1.165, 1.54) is 11.8 Å². The number of aliphatic hydroxyl groups excluding tert-OH is 1. The molecule has 1 saturated heterocycles. The normalized spacial score (nSPS) is 20.8. The van der Waals surface area contributed by atoms with E-state index < -0.39 is 12.3 Å². The maximum Gasteiger partial charge on any atom is 0.338 e. The third-order valence-electron chi connectivity index (χ3n) is 7.16. The third kappa shape index (κ3) is 6.27. The molecule has 1 fully saturated rings. The lowest BCUT2D eigenvalue weighted by Gasteiger charge is -2.41. The first-order chi connectivity index (χ1) is 19.5. The number of pyridine rings is 1. The first-order valence-corrected chi connectivity index (χ1v) is 14.2. The summed E-state index contributed by atoms with van der Waals surface area (Å²) in [5, 5.41) is 19.6. The maximum absolute atomic E-state index is 11.7. The Kier molecular flexibility index (Phi) is 8.94. The van der Waals surface area contributed by atoms with Gasteiger partial charge in [-0.2, -0.15) is 0 Å². The number of benzene rings is 3. The number of aromatic carboxylic acids is 1. The molecule has 0 radical (unpaired) electrons. The van der Waals surface area contributed by atoms with Crippen molar-refractivity contribution in [3.8, 4) is 11.1 Å². The molecular weight excluding hydrogens is 524 g/mol. The van der Waals surface area contributed by atoms with Gasteiger partial charge in [-0.15, -0.1) is 11.8 Å². The minimum absolute atomic E-state index is 0.0273. The first-order valence-electron chi connectivity index (χ1n) is 13.2. The van der Waals surface area contributed by atoms with Crippen molar-refractivity contribution in [3.05, 3.63) is 119 Å². The predicted molar refractivity (Wildman–Crippen MR) is 155 cm³/mol. The van der Waals surface area contributed by atoms with Crippen molar-refractivity contribution in [2.75, 3.05) is 5.75 Å². The Morgan fingerprint density at radius 1 is 0.925 bits per heavy atom. The second kappa shape index (κ2) is 12.8. The summed E-state index contributed by atoms with van der Waals surface area (Å²) in [4.78, 5) is 16.0. The molecule has 206 valence electrons. The monoisotopic (exact) mass is 556 g/mol. The van der Waals surface area contributed by atoms with Gasteiger partial charge in [-0.05, 0) is 52.1 Å². The number of nitrogens with two attached hydrogens (primary N) is 1. The number of carboxylic acid groups (broad SMARTS) is 1. The van der Waals surface area contributed by atoms with Crippen LogP contribution in [-0.2, 0) is 22.6 Å².